The van der Waals surface area contributed by atoms with Crippen molar-refractivity contribution < 1.29 is 42.9 Å². The van der Waals surface area contributed by atoms with E-state index in [0.29, 0.717) is 12.0 Å². The maximum Gasteiger partial charge on any atom is 0.303 e. The van der Waals surface area contributed by atoms with Crippen molar-refractivity contribution in [3.05, 3.63) is 11.6 Å². The number of methoxy groups -OCH3 is 1. The van der Waals surface area contributed by atoms with Crippen LogP contribution in [0.1, 0.15) is 61.8 Å². The predicted octanol–water partition coefficient (Wildman–Crippen LogP) is 2.78. The molecule has 4 aliphatic rings. The van der Waals surface area contributed by atoms with Gasteiger partial charge in [-0.1, -0.05) is 27.7 Å². The third kappa shape index (κ3) is 3.81. The molecule has 0 bridgehead atoms. The van der Waals surface area contributed by atoms with E-state index in [2.05, 4.69) is 0 Å². The molecule has 9 nitrogen and oxygen atoms in total. The lowest BCUT2D eigenvalue weighted by molar-refractivity contribution is -0.155. The summed E-state index contributed by atoms with van der Waals surface area (Å²) in [5.74, 6) is -2.80. The molecule has 2 saturated carbocycles. The second kappa shape index (κ2) is 8.65. The van der Waals surface area contributed by atoms with Gasteiger partial charge in [0.1, 0.15) is 24.4 Å². The van der Waals surface area contributed by atoms with E-state index in [0.717, 1.165) is 0 Å². The fourth-order valence-electron chi connectivity index (χ4n) is 7.33. The molecule has 3 aliphatic carbocycles. The number of hydrogen-bond donors (Lipinski definition) is 0. The Morgan fingerprint density at radius 3 is 2.03 bits per heavy atom. The summed E-state index contributed by atoms with van der Waals surface area (Å²) < 4.78 is 29.6. The van der Waals surface area contributed by atoms with Gasteiger partial charge in [0.15, 0.2) is 17.0 Å². The standard InChI is InChI=1S/C27H38O9/c1-12-10-27-24(35-17(6)30)13(2)11-26(27,36-27)23(31)14(3)21(34-16(5)29)18-19(25(18,7)8)22(32-9)20(12)33-15(4)28/h10,13-14,18-22,24H,11H2,1-9H3. The number of rotatable bonds is 4. The Kier molecular flexibility index (Phi) is 6.44. The van der Waals surface area contributed by atoms with E-state index < -0.39 is 59.4 Å². The van der Waals surface area contributed by atoms with Crippen LogP contribution in [0.3, 0.4) is 0 Å². The first-order chi connectivity index (χ1) is 16.6. The topological polar surface area (TPSA) is 118 Å². The summed E-state index contributed by atoms with van der Waals surface area (Å²) >= 11 is 0. The van der Waals surface area contributed by atoms with Crippen LogP contribution in [0.2, 0.25) is 0 Å². The SMILES string of the molecule is COC1C(OC(C)=O)C(C)=CC23OC2(CC(C)C3OC(C)=O)C(=O)C(C)C(OC(C)=O)C2C1C2(C)C. The number of hydrogen-bond acceptors (Lipinski definition) is 9. The van der Waals surface area contributed by atoms with Gasteiger partial charge in [0.25, 0.3) is 0 Å². The summed E-state index contributed by atoms with van der Waals surface area (Å²) in [7, 11) is 1.56. The minimum absolute atomic E-state index is 0.150. The molecular weight excluding hydrogens is 468 g/mol. The van der Waals surface area contributed by atoms with Crippen LogP contribution in [0.25, 0.3) is 0 Å². The summed E-state index contributed by atoms with van der Waals surface area (Å²) in [6, 6.07) is 0. The van der Waals surface area contributed by atoms with Gasteiger partial charge >= 0.3 is 17.9 Å². The zero-order valence-corrected chi connectivity index (χ0v) is 22.6. The van der Waals surface area contributed by atoms with E-state index in [4.69, 9.17) is 23.7 Å². The monoisotopic (exact) mass is 506 g/mol. The molecular formula is C27H38O9. The van der Waals surface area contributed by atoms with E-state index in [-0.39, 0.29) is 29.0 Å². The zero-order chi connectivity index (χ0) is 27.0. The Bertz CT molecular complexity index is 1010. The second-order valence-corrected chi connectivity index (χ2v) is 11.7. The molecule has 10 atom stereocenters. The third-order valence-corrected chi connectivity index (χ3v) is 8.84. The summed E-state index contributed by atoms with van der Waals surface area (Å²) in [6.45, 7) is 13.6. The molecule has 9 heteroatoms. The first-order valence-electron chi connectivity index (χ1n) is 12.6. The average molecular weight is 507 g/mol. The van der Waals surface area contributed by atoms with Crippen molar-refractivity contribution in [1.29, 1.82) is 0 Å². The molecule has 3 fully saturated rings. The maximum absolute atomic E-state index is 14.2. The minimum atomic E-state index is -1.23. The summed E-state index contributed by atoms with van der Waals surface area (Å²) in [6.07, 6.45) is -0.589. The van der Waals surface area contributed by atoms with Crippen LogP contribution >= 0.6 is 0 Å². The van der Waals surface area contributed by atoms with Gasteiger partial charge in [-0.15, -0.1) is 0 Å². The highest BCUT2D eigenvalue weighted by Crippen LogP contribution is 2.68. The maximum atomic E-state index is 14.2. The number of carbonyl (C=O) groups is 4. The first-order valence-corrected chi connectivity index (χ1v) is 12.6. The van der Waals surface area contributed by atoms with Crippen molar-refractivity contribution in [1.82, 2.24) is 0 Å². The van der Waals surface area contributed by atoms with E-state index in [9.17, 15) is 19.2 Å². The predicted molar refractivity (Wildman–Crippen MR) is 126 cm³/mol. The molecule has 1 saturated heterocycles. The van der Waals surface area contributed by atoms with Gasteiger partial charge < -0.3 is 23.7 Å². The molecule has 200 valence electrons. The largest absolute Gasteiger partial charge is 0.461 e. The van der Waals surface area contributed by atoms with Crippen molar-refractivity contribution in [3.63, 3.8) is 0 Å². The quantitative estimate of drug-likeness (QED) is 0.245. The van der Waals surface area contributed by atoms with Gasteiger partial charge in [-0.05, 0) is 36.3 Å². The van der Waals surface area contributed by atoms with E-state index in [1.807, 2.05) is 27.7 Å². The Labute approximate surface area is 212 Å². The lowest BCUT2D eigenvalue weighted by Gasteiger charge is -2.30. The smallest absolute Gasteiger partial charge is 0.303 e. The zero-order valence-electron chi connectivity index (χ0n) is 22.6. The Hall–Kier alpha value is -2.26. The van der Waals surface area contributed by atoms with Gasteiger partial charge in [0.2, 0.25) is 0 Å². The van der Waals surface area contributed by atoms with Crippen LogP contribution in [0, 0.1) is 29.1 Å². The number of epoxide rings is 1. The number of ketones is 1. The second-order valence-electron chi connectivity index (χ2n) is 11.7. The normalized spacial score (nSPS) is 44.6. The van der Waals surface area contributed by atoms with Crippen molar-refractivity contribution >= 4 is 23.7 Å². The third-order valence-electron chi connectivity index (χ3n) is 8.84. The Balaban J connectivity index is 1.91. The van der Waals surface area contributed by atoms with Gasteiger partial charge in [-0.3, -0.25) is 19.2 Å². The van der Waals surface area contributed by atoms with Crippen LogP contribution in [0.4, 0.5) is 0 Å². The van der Waals surface area contributed by atoms with E-state index in [1.54, 1.807) is 20.1 Å². The van der Waals surface area contributed by atoms with Crippen LogP contribution in [0.15, 0.2) is 11.6 Å². The summed E-state index contributed by atoms with van der Waals surface area (Å²) in [5, 5.41) is 0. The van der Waals surface area contributed by atoms with Crippen LogP contribution in [-0.4, -0.2) is 66.4 Å². The molecule has 1 heterocycles. The van der Waals surface area contributed by atoms with Gasteiger partial charge in [0, 0.05) is 39.7 Å². The molecule has 0 amide bonds. The van der Waals surface area contributed by atoms with Crippen LogP contribution < -0.4 is 0 Å². The number of Topliss-reactive ketones (excluding diaryl/α,β-unsaturated/α-hetero) is 1. The number of ether oxygens (including phenoxy) is 5. The van der Waals surface area contributed by atoms with Gasteiger partial charge in [0.05, 0.1) is 5.92 Å². The Morgan fingerprint density at radius 2 is 1.50 bits per heavy atom. The van der Waals surface area contributed by atoms with E-state index in [1.165, 1.54) is 20.8 Å². The highest BCUT2D eigenvalue weighted by molar-refractivity contribution is 5.96. The van der Waals surface area contributed by atoms with Crippen molar-refractivity contribution in [3.8, 4) is 0 Å². The average Bonchev–Trinajstić information content (AvgIpc) is 3.54. The molecule has 0 radical (unpaired) electrons. The van der Waals surface area contributed by atoms with Crippen molar-refractivity contribution in [2.24, 2.45) is 29.1 Å². The van der Waals surface area contributed by atoms with Crippen LogP contribution in [-0.2, 0) is 42.9 Å². The molecule has 36 heavy (non-hydrogen) atoms. The Morgan fingerprint density at radius 1 is 0.944 bits per heavy atom. The fourth-order valence-corrected chi connectivity index (χ4v) is 7.33. The molecule has 1 aliphatic heterocycles. The number of esters is 3. The molecule has 4 rings (SSSR count). The highest BCUT2D eigenvalue weighted by atomic mass is 16.7. The number of fused-ring (bicyclic) bond motifs is 1. The summed E-state index contributed by atoms with van der Waals surface area (Å²) in [4.78, 5) is 50.5. The van der Waals surface area contributed by atoms with Gasteiger partial charge in [-0.2, -0.15) is 0 Å². The molecule has 0 aromatic heterocycles. The summed E-state index contributed by atoms with van der Waals surface area (Å²) in [5.41, 5.74) is -2.13. The molecule has 10 unspecified atom stereocenters. The van der Waals surface area contributed by atoms with Crippen LogP contribution in [0.5, 0.6) is 0 Å². The van der Waals surface area contributed by atoms with Crippen molar-refractivity contribution in [2.45, 2.75) is 97.4 Å². The number of carbonyl (C=O) groups excluding carboxylic acids is 4. The minimum Gasteiger partial charge on any atom is -0.461 e. The fraction of sp³-hybridized carbons (Fsp3) is 0.778. The van der Waals surface area contributed by atoms with Gasteiger partial charge in [-0.25, -0.2) is 0 Å². The molecule has 0 spiro atoms. The van der Waals surface area contributed by atoms with Crippen molar-refractivity contribution in [2.75, 3.05) is 7.11 Å². The molecule has 0 aromatic carbocycles. The lowest BCUT2D eigenvalue weighted by atomic mass is 9.80. The lowest BCUT2D eigenvalue weighted by Crippen LogP contribution is -2.43. The molecule has 0 aromatic rings. The first kappa shape index (κ1) is 26.8. The van der Waals surface area contributed by atoms with E-state index >= 15 is 0 Å². The molecule has 0 N–H and O–H groups in total. The highest BCUT2D eigenvalue weighted by Gasteiger charge is 2.84.